The molecule has 0 spiro atoms. The van der Waals surface area contributed by atoms with Gasteiger partial charge in [0.1, 0.15) is 0 Å². The second-order valence-electron chi connectivity index (χ2n) is 2.08. The normalized spacial score (nSPS) is 8.42. The molecule has 0 aliphatic heterocycles. The van der Waals surface area contributed by atoms with Crippen LogP contribution in [0.15, 0.2) is 18.3 Å². The first-order valence-electron chi connectivity index (χ1n) is 3.36. The molecular formula is C9H7NO2. The summed E-state index contributed by atoms with van der Waals surface area (Å²) < 4.78 is 0. The Bertz CT molecular complexity index is 360. The van der Waals surface area contributed by atoms with Gasteiger partial charge in [-0.2, -0.15) is 0 Å². The topological polar surface area (TPSA) is 50.2 Å². The van der Waals surface area contributed by atoms with E-state index in [9.17, 15) is 4.79 Å². The fourth-order valence-electron chi connectivity index (χ4n) is 0.811. The molecule has 1 heterocycles. The van der Waals surface area contributed by atoms with Crippen molar-refractivity contribution in [1.82, 2.24) is 4.98 Å². The van der Waals surface area contributed by atoms with Crippen LogP contribution in [0, 0.1) is 11.8 Å². The minimum atomic E-state index is -1.05. The minimum Gasteiger partial charge on any atom is -0.476 e. The molecule has 1 aromatic rings. The number of aromatic carboxylic acids is 1. The number of aromatic nitrogens is 1. The molecule has 1 aromatic heterocycles. The first kappa shape index (κ1) is 8.28. The van der Waals surface area contributed by atoms with Crippen molar-refractivity contribution in [3.63, 3.8) is 0 Å². The van der Waals surface area contributed by atoms with E-state index in [0.717, 1.165) is 0 Å². The van der Waals surface area contributed by atoms with E-state index in [4.69, 9.17) is 5.11 Å². The van der Waals surface area contributed by atoms with E-state index in [2.05, 4.69) is 16.8 Å². The molecule has 12 heavy (non-hydrogen) atoms. The summed E-state index contributed by atoms with van der Waals surface area (Å²) >= 11 is 0. The second-order valence-corrected chi connectivity index (χ2v) is 2.08. The molecule has 0 fully saturated rings. The molecular weight excluding hydrogens is 154 g/mol. The van der Waals surface area contributed by atoms with Gasteiger partial charge in [0.25, 0.3) is 0 Å². The quantitative estimate of drug-likeness (QED) is 0.628. The highest BCUT2D eigenvalue weighted by Crippen LogP contribution is 2.02. The lowest BCUT2D eigenvalue weighted by atomic mass is 10.2. The Morgan fingerprint density at radius 2 is 2.42 bits per heavy atom. The fraction of sp³-hybridized carbons (Fsp3) is 0.111. The van der Waals surface area contributed by atoms with Crippen molar-refractivity contribution in [3.05, 3.63) is 29.6 Å². The monoisotopic (exact) mass is 161 g/mol. The maximum Gasteiger partial charge on any atom is 0.355 e. The molecule has 0 unspecified atom stereocenters. The van der Waals surface area contributed by atoms with Crippen LogP contribution < -0.4 is 0 Å². The zero-order valence-corrected chi connectivity index (χ0v) is 6.53. The van der Waals surface area contributed by atoms with Crippen molar-refractivity contribution in [3.8, 4) is 11.8 Å². The van der Waals surface area contributed by atoms with Gasteiger partial charge in [-0.25, -0.2) is 9.78 Å². The van der Waals surface area contributed by atoms with E-state index in [0.29, 0.717) is 5.56 Å². The Hall–Kier alpha value is -1.82. The highest BCUT2D eigenvalue weighted by Gasteiger charge is 2.07. The summed E-state index contributed by atoms with van der Waals surface area (Å²) in [6, 6.07) is 3.29. The van der Waals surface area contributed by atoms with Crippen LogP contribution in [-0.2, 0) is 0 Å². The first-order chi connectivity index (χ1) is 5.75. The highest BCUT2D eigenvalue weighted by molar-refractivity contribution is 5.88. The van der Waals surface area contributed by atoms with Crippen molar-refractivity contribution in [2.45, 2.75) is 6.92 Å². The van der Waals surface area contributed by atoms with Gasteiger partial charge in [0.15, 0.2) is 5.69 Å². The molecule has 3 nitrogen and oxygen atoms in total. The van der Waals surface area contributed by atoms with Gasteiger partial charge < -0.3 is 5.11 Å². The van der Waals surface area contributed by atoms with Crippen LogP contribution in [0.5, 0.6) is 0 Å². The maximum absolute atomic E-state index is 10.6. The van der Waals surface area contributed by atoms with Crippen LogP contribution in [0.3, 0.4) is 0 Å². The number of carboxylic acids is 1. The number of hydrogen-bond acceptors (Lipinski definition) is 2. The minimum absolute atomic E-state index is 0.00634. The summed E-state index contributed by atoms with van der Waals surface area (Å²) in [4.78, 5) is 14.3. The third kappa shape index (κ3) is 1.61. The summed E-state index contributed by atoms with van der Waals surface area (Å²) in [6.07, 6.45) is 1.43. The summed E-state index contributed by atoms with van der Waals surface area (Å²) in [7, 11) is 0. The van der Waals surface area contributed by atoms with Gasteiger partial charge >= 0.3 is 5.97 Å². The third-order valence-corrected chi connectivity index (χ3v) is 1.27. The van der Waals surface area contributed by atoms with Crippen LogP contribution in [0.4, 0.5) is 0 Å². The predicted octanol–water partition coefficient (Wildman–Crippen LogP) is 1.15. The van der Waals surface area contributed by atoms with Crippen molar-refractivity contribution in [1.29, 1.82) is 0 Å². The molecule has 0 aromatic carbocycles. The van der Waals surface area contributed by atoms with E-state index < -0.39 is 5.97 Å². The molecule has 0 bridgehead atoms. The lowest BCUT2D eigenvalue weighted by Crippen LogP contribution is -2.02. The first-order valence-corrected chi connectivity index (χ1v) is 3.36. The van der Waals surface area contributed by atoms with Crippen LogP contribution in [0.2, 0.25) is 0 Å². The van der Waals surface area contributed by atoms with Crippen molar-refractivity contribution in [2.24, 2.45) is 0 Å². The second kappa shape index (κ2) is 3.54. The van der Waals surface area contributed by atoms with Crippen LogP contribution in [0.1, 0.15) is 23.0 Å². The smallest absolute Gasteiger partial charge is 0.355 e. The molecule has 0 atom stereocenters. The molecule has 0 amide bonds. The molecule has 60 valence electrons. The zero-order valence-electron chi connectivity index (χ0n) is 6.53. The Balaban J connectivity index is 3.23. The average molecular weight is 161 g/mol. The Morgan fingerprint density at radius 1 is 1.67 bits per heavy atom. The van der Waals surface area contributed by atoms with Gasteiger partial charge in [-0.3, -0.25) is 0 Å². The van der Waals surface area contributed by atoms with Gasteiger partial charge in [-0.05, 0) is 19.1 Å². The number of rotatable bonds is 1. The average Bonchev–Trinajstić information content (AvgIpc) is 2.05. The highest BCUT2D eigenvalue weighted by atomic mass is 16.4. The SMILES string of the molecule is CC#Cc1cccnc1C(=O)O. The zero-order chi connectivity index (χ0) is 8.97. The van der Waals surface area contributed by atoms with Gasteiger partial charge in [-0.15, -0.1) is 5.92 Å². The van der Waals surface area contributed by atoms with E-state index in [1.54, 1.807) is 19.1 Å². The van der Waals surface area contributed by atoms with Crippen molar-refractivity contribution in [2.75, 3.05) is 0 Å². The molecule has 0 aliphatic carbocycles. The van der Waals surface area contributed by atoms with E-state index >= 15 is 0 Å². The van der Waals surface area contributed by atoms with Gasteiger partial charge in [0, 0.05) is 6.20 Å². The third-order valence-electron chi connectivity index (χ3n) is 1.27. The largest absolute Gasteiger partial charge is 0.476 e. The number of carboxylic acid groups (broad SMARTS) is 1. The Kier molecular flexibility index (Phi) is 2.44. The number of hydrogen-bond donors (Lipinski definition) is 1. The summed E-state index contributed by atoms with van der Waals surface area (Å²) in [5.74, 6) is 4.24. The summed E-state index contributed by atoms with van der Waals surface area (Å²) in [6.45, 7) is 1.65. The molecule has 0 aliphatic rings. The lowest BCUT2D eigenvalue weighted by Gasteiger charge is -1.94. The predicted molar refractivity (Wildman–Crippen MR) is 43.7 cm³/mol. The van der Waals surface area contributed by atoms with E-state index in [1.165, 1.54) is 6.20 Å². The van der Waals surface area contributed by atoms with Crippen molar-refractivity contribution >= 4 is 5.97 Å². The van der Waals surface area contributed by atoms with Gasteiger partial charge in [0.2, 0.25) is 0 Å². The lowest BCUT2D eigenvalue weighted by molar-refractivity contribution is 0.0690. The van der Waals surface area contributed by atoms with Gasteiger partial charge in [0.05, 0.1) is 5.56 Å². The maximum atomic E-state index is 10.6. The molecule has 0 saturated heterocycles. The molecule has 1 rings (SSSR count). The standard InChI is InChI=1S/C9H7NO2/c1-2-4-7-5-3-6-10-8(7)9(11)12/h3,5-6H,1H3,(H,11,12). The number of nitrogens with zero attached hydrogens (tertiary/aromatic N) is 1. The molecule has 1 N–H and O–H groups in total. The van der Waals surface area contributed by atoms with Gasteiger partial charge in [-0.1, -0.05) is 5.92 Å². The van der Waals surface area contributed by atoms with E-state index in [-0.39, 0.29) is 5.69 Å². The molecule has 0 radical (unpaired) electrons. The number of carbonyl (C=O) groups is 1. The molecule has 3 heteroatoms. The van der Waals surface area contributed by atoms with E-state index in [1.807, 2.05) is 0 Å². The Morgan fingerprint density at radius 3 is 3.00 bits per heavy atom. The van der Waals surface area contributed by atoms with Crippen LogP contribution >= 0.6 is 0 Å². The Labute approximate surface area is 70.1 Å². The molecule has 0 saturated carbocycles. The fourth-order valence-corrected chi connectivity index (χ4v) is 0.811. The summed E-state index contributed by atoms with van der Waals surface area (Å²) in [5, 5.41) is 8.66. The summed E-state index contributed by atoms with van der Waals surface area (Å²) in [5.41, 5.74) is 0.458. The number of pyridine rings is 1. The van der Waals surface area contributed by atoms with Crippen molar-refractivity contribution < 1.29 is 9.90 Å². The van der Waals surface area contributed by atoms with Crippen LogP contribution in [0.25, 0.3) is 0 Å². The van der Waals surface area contributed by atoms with Crippen LogP contribution in [-0.4, -0.2) is 16.1 Å².